The minimum absolute atomic E-state index is 0.118. The third-order valence-electron chi connectivity index (χ3n) is 10.6. The number of nitrogens with one attached hydrogen (secondary N) is 1. The molecule has 3 saturated carbocycles. The van der Waals surface area contributed by atoms with Crippen LogP contribution in [0.4, 0.5) is 0 Å². The molecule has 0 aliphatic heterocycles. The summed E-state index contributed by atoms with van der Waals surface area (Å²) in [6.45, 7) is 11.3. The Kier molecular flexibility index (Phi) is 6.44. The number of aliphatic hydroxyl groups excluding tert-OH is 1. The Labute approximate surface area is 195 Å². The van der Waals surface area contributed by atoms with Crippen molar-refractivity contribution in [1.82, 2.24) is 10.2 Å². The van der Waals surface area contributed by atoms with E-state index in [1.165, 1.54) is 32.1 Å². The second kappa shape index (κ2) is 8.58. The molecule has 0 spiro atoms. The normalized spacial score (nSPS) is 44.1. The van der Waals surface area contributed by atoms with E-state index in [0.29, 0.717) is 17.4 Å². The minimum atomic E-state index is -0.553. The zero-order chi connectivity index (χ0) is 23.4. The summed E-state index contributed by atoms with van der Waals surface area (Å²) in [5.74, 6) is 3.23. The van der Waals surface area contributed by atoms with Crippen LogP contribution in [0.1, 0.15) is 79.6 Å². The molecule has 32 heavy (non-hydrogen) atoms. The average molecular weight is 443 g/mol. The molecule has 0 aromatic heterocycles. The Bertz CT molecular complexity index is 797. The Morgan fingerprint density at radius 3 is 2.41 bits per heavy atom. The predicted octanol–water partition coefficient (Wildman–Crippen LogP) is 5.14. The fourth-order valence-electron chi connectivity index (χ4n) is 8.73. The number of fused-ring (bicyclic) bond motifs is 5. The van der Waals surface area contributed by atoms with E-state index in [0.717, 1.165) is 41.9 Å². The maximum atomic E-state index is 12.3. The van der Waals surface area contributed by atoms with Gasteiger partial charge in [-0.05, 0) is 120 Å². The summed E-state index contributed by atoms with van der Waals surface area (Å²) < 4.78 is 0. The maximum absolute atomic E-state index is 12.3. The zero-order valence-corrected chi connectivity index (χ0v) is 21.4. The van der Waals surface area contributed by atoms with Gasteiger partial charge < -0.3 is 15.3 Å². The summed E-state index contributed by atoms with van der Waals surface area (Å²) in [6, 6.07) is 0.639. The van der Waals surface area contributed by atoms with Crippen LogP contribution in [0, 0.1) is 40.4 Å². The van der Waals surface area contributed by atoms with Crippen LogP contribution in [0.25, 0.3) is 0 Å². The van der Waals surface area contributed by atoms with E-state index < -0.39 is 6.10 Å². The highest BCUT2D eigenvalue weighted by atomic mass is 16.3. The first-order chi connectivity index (χ1) is 15.0. The molecule has 0 aromatic carbocycles. The van der Waals surface area contributed by atoms with Crippen molar-refractivity contribution < 1.29 is 9.90 Å². The van der Waals surface area contributed by atoms with Gasteiger partial charge in [0.15, 0.2) is 0 Å². The molecule has 0 heterocycles. The number of rotatable bonds is 4. The van der Waals surface area contributed by atoms with Crippen LogP contribution in [0.15, 0.2) is 23.4 Å². The first-order valence-corrected chi connectivity index (χ1v) is 13.0. The van der Waals surface area contributed by atoms with Gasteiger partial charge in [-0.3, -0.25) is 4.79 Å². The maximum Gasteiger partial charge on any atom is 0.248 e. The molecule has 0 aromatic rings. The molecule has 4 aliphatic carbocycles. The van der Waals surface area contributed by atoms with Gasteiger partial charge in [-0.15, -0.1) is 0 Å². The minimum Gasteiger partial charge on any atom is -0.387 e. The molecule has 9 unspecified atom stereocenters. The van der Waals surface area contributed by atoms with Gasteiger partial charge in [0.05, 0.1) is 6.10 Å². The number of hydrogen-bond acceptors (Lipinski definition) is 3. The van der Waals surface area contributed by atoms with E-state index in [1.807, 2.05) is 13.8 Å². The number of aliphatic hydroxyl groups is 1. The standard InChI is InChI=1S/C28H46N2O2/c1-17(2)16-25(31)29-24-13-15-28(5)22-12-14-27(4)20(18(3)30(6)7)10-11-21(27)19(22)8-9-23(28)26(24)32/h13,16,18-23,26,32H,8-12,14-15H2,1-7H3,(H,29,31). The summed E-state index contributed by atoms with van der Waals surface area (Å²) in [5.41, 5.74) is 2.30. The Morgan fingerprint density at radius 2 is 1.75 bits per heavy atom. The Balaban J connectivity index is 1.55. The largest absolute Gasteiger partial charge is 0.387 e. The molecular weight excluding hydrogens is 396 g/mol. The van der Waals surface area contributed by atoms with Crippen LogP contribution in [-0.4, -0.2) is 42.2 Å². The fraction of sp³-hybridized carbons (Fsp3) is 0.821. The molecule has 4 rings (SSSR count). The topological polar surface area (TPSA) is 52.6 Å². The van der Waals surface area contributed by atoms with Crippen LogP contribution < -0.4 is 5.32 Å². The molecule has 0 saturated heterocycles. The van der Waals surface area contributed by atoms with Gasteiger partial charge in [-0.25, -0.2) is 0 Å². The van der Waals surface area contributed by atoms with Crippen molar-refractivity contribution in [2.45, 2.75) is 91.7 Å². The summed E-state index contributed by atoms with van der Waals surface area (Å²) in [5, 5.41) is 14.3. The van der Waals surface area contributed by atoms with Crippen LogP contribution in [0.5, 0.6) is 0 Å². The molecule has 1 amide bonds. The predicted molar refractivity (Wildman–Crippen MR) is 131 cm³/mol. The molecule has 0 bridgehead atoms. The van der Waals surface area contributed by atoms with Gasteiger partial charge in [-0.1, -0.05) is 25.5 Å². The van der Waals surface area contributed by atoms with Crippen molar-refractivity contribution >= 4 is 5.91 Å². The van der Waals surface area contributed by atoms with E-state index in [4.69, 9.17) is 0 Å². The molecule has 3 fully saturated rings. The first-order valence-electron chi connectivity index (χ1n) is 13.0. The van der Waals surface area contributed by atoms with E-state index >= 15 is 0 Å². The molecule has 4 aliphatic rings. The molecule has 4 nitrogen and oxygen atoms in total. The molecule has 9 atom stereocenters. The van der Waals surface area contributed by atoms with Crippen LogP contribution in [-0.2, 0) is 4.79 Å². The van der Waals surface area contributed by atoms with Crippen molar-refractivity contribution in [3.8, 4) is 0 Å². The first kappa shape index (κ1) is 24.0. The lowest BCUT2D eigenvalue weighted by Crippen LogP contribution is -2.57. The number of carbonyl (C=O) groups is 1. The van der Waals surface area contributed by atoms with Gasteiger partial charge in [0.2, 0.25) is 5.91 Å². The van der Waals surface area contributed by atoms with Gasteiger partial charge in [-0.2, -0.15) is 0 Å². The van der Waals surface area contributed by atoms with E-state index in [1.54, 1.807) is 6.08 Å². The summed E-state index contributed by atoms with van der Waals surface area (Å²) in [7, 11) is 4.48. The second-order valence-corrected chi connectivity index (χ2v) is 12.5. The zero-order valence-electron chi connectivity index (χ0n) is 21.4. The molecular formula is C28H46N2O2. The van der Waals surface area contributed by atoms with E-state index in [-0.39, 0.29) is 17.2 Å². The fourth-order valence-corrected chi connectivity index (χ4v) is 8.73. The molecule has 0 radical (unpaired) electrons. The number of nitrogens with zero attached hydrogens (tertiary/aromatic N) is 1. The van der Waals surface area contributed by atoms with Crippen molar-refractivity contribution in [3.05, 3.63) is 23.4 Å². The van der Waals surface area contributed by atoms with E-state index in [9.17, 15) is 9.90 Å². The quantitative estimate of drug-likeness (QED) is 0.593. The lowest BCUT2D eigenvalue weighted by Gasteiger charge is -2.61. The Hall–Kier alpha value is -1.13. The smallest absolute Gasteiger partial charge is 0.248 e. The number of carbonyl (C=O) groups excluding carboxylic acids is 1. The summed E-state index contributed by atoms with van der Waals surface area (Å²) in [4.78, 5) is 14.7. The van der Waals surface area contributed by atoms with Crippen molar-refractivity contribution in [2.24, 2.45) is 40.4 Å². The van der Waals surface area contributed by atoms with Gasteiger partial charge in [0.25, 0.3) is 0 Å². The highest BCUT2D eigenvalue weighted by Crippen LogP contribution is 2.67. The Morgan fingerprint density at radius 1 is 1.09 bits per heavy atom. The highest BCUT2D eigenvalue weighted by Gasteiger charge is 2.61. The van der Waals surface area contributed by atoms with Gasteiger partial charge >= 0.3 is 0 Å². The van der Waals surface area contributed by atoms with Gasteiger partial charge in [0.1, 0.15) is 0 Å². The van der Waals surface area contributed by atoms with Crippen LogP contribution in [0.3, 0.4) is 0 Å². The molecule has 2 N–H and O–H groups in total. The monoisotopic (exact) mass is 442 g/mol. The number of allylic oxidation sites excluding steroid dienone is 2. The summed E-state index contributed by atoms with van der Waals surface area (Å²) in [6.07, 6.45) is 11.9. The van der Waals surface area contributed by atoms with Gasteiger partial charge in [0, 0.05) is 17.8 Å². The van der Waals surface area contributed by atoms with Crippen LogP contribution in [0.2, 0.25) is 0 Å². The summed E-state index contributed by atoms with van der Waals surface area (Å²) >= 11 is 0. The molecule has 4 heteroatoms. The average Bonchev–Trinajstić information content (AvgIpc) is 3.06. The SMILES string of the molecule is CC(C)=CC(=O)NC1=CCC2(C)C(CCC3C2CCC2(C)C3CCC2C(C)N(C)C)C1O. The lowest BCUT2D eigenvalue weighted by molar-refractivity contribution is -0.128. The van der Waals surface area contributed by atoms with Crippen molar-refractivity contribution in [3.63, 3.8) is 0 Å². The third-order valence-corrected chi connectivity index (χ3v) is 10.6. The highest BCUT2D eigenvalue weighted by molar-refractivity contribution is 5.89. The number of hydrogen-bond donors (Lipinski definition) is 2. The lowest BCUT2D eigenvalue weighted by atomic mass is 9.44. The molecule has 180 valence electrons. The number of amides is 1. The van der Waals surface area contributed by atoms with Crippen molar-refractivity contribution in [1.29, 1.82) is 0 Å². The van der Waals surface area contributed by atoms with Crippen molar-refractivity contribution in [2.75, 3.05) is 14.1 Å². The van der Waals surface area contributed by atoms with Crippen LogP contribution >= 0.6 is 0 Å². The second-order valence-electron chi connectivity index (χ2n) is 12.5. The van der Waals surface area contributed by atoms with E-state index in [2.05, 4.69) is 51.2 Å². The third kappa shape index (κ3) is 3.79.